The molecule has 2 rings (SSSR count). The zero-order valence-electron chi connectivity index (χ0n) is 13.7. The third kappa shape index (κ3) is 5.94. The van der Waals surface area contributed by atoms with E-state index < -0.39 is 36.1 Å². The van der Waals surface area contributed by atoms with Gasteiger partial charge in [-0.25, -0.2) is 9.59 Å². The Morgan fingerprint density at radius 3 is 1.57 bits per heavy atom. The lowest BCUT2D eigenvalue weighted by molar-refractivity contribution is -0.144. The molecule has 0 aromatic carbocycles. The lowest BCUT2D eigenvalue weighted by atomic mass is 10.4. The van der Waals surface area contributed by atoms with Crippen molar-refractivity contribution >= 4 is 12.3 Å². The maximum absolute atomic E-state index is 11.4. The summed E-state index contributed by atoms with van der Waals surface area (Å²) in [5.41, 5.74) is 0. The van der Waals surface area contributed by atoms with Crippen molar-refractivity contribution in [2.45, 2.75) is 51.5 Å². The highest BCUT2D eigenvalue weighted by atomic mass is 16.8. The van der Waals surface area contributed by atoms with Crippen LogP contribution in [0.4, 0.5) is 9.59 Å². The molecule has 0 radical (unpaired) electrons. The van der Waals surface area contributed by atoms with E-state index in [1.54, 1.807) is 27.7 Å². The van der Waals surface area contributed by atoms with Crippen molar-refractivity contribution in [1.29, 1.82) is 0 Å². The molecule has 0 saturated carbocycles. The number of rotatable bonds is 4. The molecule has 2 fully saturated rings. The van der Waals surface area contributed by atoms with Crippen LogP contribution < -0.4 is 0 Å². The molecular formula is C14H22O9. The number of ether oxygens (including phenoxy) is 7. The second-order valence-corrected chi connectivity index (χ2v) is 6.13. The van der Waals surface area contributed by atoms with Crippen LogP contribution in [0.2, 0.25) is 0 Å². The molecule has 0 aromatic heterocycles. The molecule has 0 spiro atoms. The van der Waals surface area contributed by atoms with Gasteiger partial charge in [0.1, 0.15) is 25.4 Å². The van der Waals surface area contributed by atoms with Crippen LogP contribution in [0.1, 0.15) is 27.7 Å². The van der Waals surface area contributed by atoms with Gasteiger partial charge in [-0.15, -0.1) is 0 Å². The summed E-state index contributed by atoms with van der Waals surface area (Å²) >= 11 is 0. The number of carbonyl (C=O) groups excluding carboxylic acids is 2. The predicted octanol–water partition coefficient (Wildman–Crippen LogP) is 1.58. The first kappa shape index (κ1) is 17.9. The van der Waals surface area contributed by atoms with Crippen LogP contribution in [-0.4, -0.2) is 62.5 Å². The van der Waals surface area contributed by atoms with Crippen LogP contribution in [0.25, 0.3) is 0 Å². The third-order valence-electron chi connectivity index (χ3n) is 3.08. The van der Waals surface area contributed by atoms with Gasteiger partial charge in [0.2, 0.25) is 0 Å². The van der Waals surface area contributed by atoms with Gasteiger partial charge in [0.15, 0.2) is 11.6 Å². The Kier molecular flexibility index (Phi) is 5.45. The van der Waals surface area contributed by atoms with Gasteiger partial charge in [-0.3, -0.25) is 0 Å². The fraction of sp³-hybridized carbons (Fsp3) is 0.857. The molecule has 2 aliphatic heterocycles. The number of hydrogen-bond acceptors (Lipinski definition) is 9. The zero-order valence-corrected chi connectivity index (χ0v) is 13.7. The van der Waals surface area contributed by atoms with Crippen LogP contribution >= 0.6 is 0 Å². The van der Waals surface area contributed by atoms with Gasteiger partial charge in [-0.1, -0.05) is 0 Å². The minimum absolute atomic E-state index is 0.0801. The maximum Gasteiger partial charge on any atom is 0.518 e. The van der Waals surface area contributed by atoms with E-state index in [2.05, 4.69) is 4.74 Å². The Bertz CT molecular complexity index is 406. The van der Waals surface area contributed by atoms with Gasteiger partial charge in [0, 0.05) is 0 Å². The Morgan fingerprint density at radius 1 is 0.870 bits per heavy atom. The lowest BCUT2D eigenvalue weighted by Gasteiger charge is -2.17. The SMILES string of the molecule is CC1(C)OCC(COC(=O)OC(=O)OCC2COC(C)(C)O2)O1. The van der Waals surface area contributed by atoms with Crippen LogP contribution in [0.3, 0.4) is 0 Å². The van der Waals surface area contributed by atoms with Gasteiger partial charge in [0.25, 0.3) is 0 Å². The molecule has 0 aliphatic carbocycles. The van der Waals surface area contributed by atoms with Crippen LogP contribution in [0.5, 0.6) is 0 Å². The van der Waals surface area contributed by atoms with E-state index in [1.165, 1.54) is 0 Å². The minimum Gasteiger partial charge on any atom is -0.431 e. The van der Waals surface area contributed by atoms with Crippen LogP contribution in [0.15, 0.2) is 0 Å². The summed E-state index contributed by atoms with van der Waals surface area (Å²) in [4.78, 5) is 22.7. The van der Waals surface area contributed by atoms with E-state index >= 15 is 0 Å². The first-order valence-electron chi connectivity index (χ1n) is 7.30. The zero-order chi connectivity index (χ0) is 17.1. The van der Waals surface area contributed by atoms with E-state index in [0.717, 1.165) is 0 Å². The molecule has 2 unspecified atom stereocenters. The molecule has 9 nitrogen and oxygen atoms in total. The summed E-state index contributed by atoms with van der Waals surface area (Å²) in [6, 6.07) is 0. The highest BCUT2D eigenvalue weighted by Crippen LogP contribution is 2.23. The van der Waals surface area contributed by atoms with Crippen molar-refractivity contribution in [3.63, 3.8) is 0 Å². The van der Waals surface area contributed by atoms with Crippen molar-refractivity contribution < 1.29 is 42.7 Å². The summed E-state index contributed by atoms with van der Waals surface area (Å²) in [6.45, 7) is 7.42. The predicted molar refractivity (Wildman–Crippen MR) is 73.6 cm³/mol. The van der Waals surface area contributed by atoms with E-state index in [1.807, 2.05) is 0 Å². The standard InChI is InChI=1S/C14H22O9/c1-13(2)19-7-9(22-13)5-17-11(15)21-12(16)18-6-10-8-20-14(3,4)23-10/h9-10H,5-8H2,1-4H3. The minimum atomic E-state index is -1.16. The van der Waals surface area contributed by atoms with Crippen molar-refractivity contribution in [3.05, 3.63) is 0 Å². The number of carbonyl (C=O) groups is 2. The Morgan fingerprint density at radius 2 is 1.26 bits per heavy atom. The average Bonchev–Trinajstić information content (AvgIpc) is 2.96. The van der Waals surface area contributed by atoms with Gasteiger partial charge in [-0.2, -0.15) is 0 Å². The topological polar surface area (TPSA) is 98.8 Å². The molecule has 2 atom stereocenters. The first-order valence-corrected chi connectivity index (χ1v) is 7.30. The van der Waals surface area contributed by atoms with Gasteiger partial charge in [0.05, 0.1) is 13.2 Å². The summed E-state index contributed by atoms with van der Waals surface area (Å²) in [6.07, 6.45) is -3.13. The summed E-state index contributed by atoms with van der Waals surface area (Å²) < 4.78 is 35.4. The Hall–Kier alpha value is -1.42. The Labute approximate surface area is 134 Å². The van der Waals surface area contributed by atoms with Crippen molar-refractivity contribution in [2.24, 2.45) is 0 Å². The van der Waals surface area contributed by atoms with Gasteiger partial charge < -0.3 is 33.2 Å². The molecule has 2 heterocycles. The molecule has 9 heteroatoms. The molecule has 0 aromatic rings. The van der Waals surface area contributed by atoms with E-state index in [-0.39, 0.29) is 13.2 Å². The average molecular weight is 334 g/mol. The van der Waals surface area contributed by atoms with Crippen LogP contribution in [0, 0.1) is 0 Å². The largest absolute Gasteiger partial charge is 0.518 e. The summed E-state index contributed by atoms with van der Waals surface area (Å²) in [5, 5.41) is 0. The van der Waals surface area contributed by atoms with Gasteiger partial charge in [-0.05, 0) is 27.7 Å². The molecule has 0 N–H and O–H groups in total. The van der Waals surface area contributed by atoms with Crippen molar-refractivity contribution in [3.8, 4) is 0 Å². The normalized spacial score (nSPS) is 28.3. The quantitative estimate of drug-likeness (QED) is 0.560. The fourth-order valence-electron chi connectivity index (χ4n) is 2.14. The summed E-state index contributed by atoms with van der Waals surface area (Å²) in [5.74, 6) is -1.43. The molecule has 0 amide bonds. The third-order valence-corrected chi connectivity index (χ3v) is 3.08. The summed E-state index contributed by atoms with van der Waals surface area (Å²) in [7, 11) is 0. The molecule has 23 heavy (non-hydrogen) atoms. The second kappa shape index (κ2) is 7.00. The second-order valence-electron chi connectivity index (χ2n) is 6.13. The van der Waals surface area contributed by atoms with Crippen LogP contribution in [-0.2, 0) is 33.2 Å². The smallest absolute Gasteiger partial charge is 0.431 e. The van der Waals surface area contributed by atoms with E-state index in [0.29, 0.717) is 13.2 Å². The Balaban J connectivity index is 1.59. The van der Waals surface area contributed by atoms with E-state index in [4.69, 9.17) is 28.4 Å². The monoisotopic (exact) mass is 334 g/mol. The first-order chi connectivity index (χ1) is 10.7. The molecule has 2 aliphatic rings. The lowest BCUT2D eigenvalue weighted by Crippen LogP contribution is -2.27. The van der Waals surface area contributed by atoms with Crippen molar-refractivity contribution in [1.82, 2.24) is 0 Å². The number of hydrogen-bond donors (Lipinski definition) is 0. The van der Waals surface area contributed by atoms with Crippen molar-refractivity contribution in [2.75, 3.05) is 26.4 Å². The maximum atomic E-state index is 11.4. The highest BCUT2D eigenvalue weighted by molar-refractivity contribution is 5.76. The highest BCUT2D eigenvalue weighted by Gasteiger charge is 2.35. The molecule has 132 valence electrons. The molecule has 2 saturated heterocycles. The van der Waals surface area contributed by atoms with E-state index in [9.17, 15) is 9.59 Å². The fourth-order valence-corrected chi connectivity index (χ4v) is 2.14. The van der Waals surface area contributed by atoms with Gasteiger partial charge >= 0.3 is 12.3 Å². The molecule has 0 bridgehead atoms. The molecular weight excluding hydrogens is 312 g/mol.